The van der Waals surface area contributed by atoms with Gasteiger partial charge in [-0.3, -0.25) is 0 Å². The van der Waals surface area contributed by atoms with Crippen LogP contribution in [0.5, 0.6) is 0 Å². The average molecular weight is 378 g/mol. The van der Waals surface area contributed by atoms with Crippen LogP contribution in [0.2, 0.25) is 0 Å². The molecule has 6 heteroatoms. The maximum absolute atomic E-state index is 9.77. The lowest BCUT2D eigenvalue weighted by Crippen LogP contribution is -2.41. The number of alkyl halides is 1. The highest BCUT2D eigenvalue weighted by atomic mass is 79.9. The molecule has 0 saturated carbocycles. The van der Waals surface area contributed by atoms with Crippen LogP contribution in [0, 0.1) is 11.3 Å². The number of aliphatic hydroxyl groups excluding tert-OH is 1. The molecule has 1 fully saturated rings. The molecule has 1 saturated heterocycles. The predicted molar refractivity (Wildman–Crippen MR) is 94.9 cm³/mol. The van der Waals surface area contributed by atoms with Gasteiger partial charge in [0.1, 0.15) is 0 Å². The second kappa shape index (κ2) is 6.78. The Bertz CT molecular complexity index is 648. The van der Waals surface area contributed by atoms with Gasteiger partial charge in [-0.15, -0.1) is 0 Å². The molecule has 0 radical (unpaired) electrons. The molecule has 0 aromatic heterocycles. The number of hydrogen-bond acceptors (Lipinski definition) is 4. The van der Waals surface area contributed by atoms with Crippen LogP contribution in [0.15, 0.2) is 23.7 Å². The summed E-state index contributed by atoms with van der Waals surface area (Å²) in [6, 6.07) is 7.62. The standard InChI is InChI=1S/C17H21BBrNO3/c1-16(2)17(3,4)23-18(22-16)15(11-21)8-14-7-12(10-20)5-6-13(14)9-19/h5-8,21H,9,11H2,1-4H3. The molecule has 2 rings (SSSR count). The average Bonchev–Trinajstić information content (AvgIpc) is 2.72. The molecule has 1 aromatic rings. The third kappa shape index (κ3) is 3.69. The van der Waals surface area contributed by atoms with Crippen molar-refractivity contribution in [2.45, 2.75) is 44.2 Å². The van der Waals surface area contributed by atoms with Gasteiger partial charge in [0, 0.05) is 5.33 Å². The fourth-order valence-electron chi connectivity index (χ4n) is 2.30. The van der Waals surface area contributed by atoms with Gasteiger partial charge in [0.25, 0.3) is 0 Å². The van der Waals surface area contributed by atoms with Crippen LogP contribution in [-0.4, -0.2) is 30.0 Å². The number of nitriles is 1. The summed E-state index contributed by atoms with van der Waals surface area (Å²) < 4.78 is 12.0. The van der Waals surface area contributed by atoms with Crippen LogP contribution in [0.3, 0.4) is 0 Å². The molecule has 0 atom stereocenters. The minimum atomic E-state index is -0.598. The van der Waals surface area contributed by atoms with Crippen molar-refractivity contribution in [1.29, 1.82) is 5.26 Å². The van der Waals surface area contributed by atoms with Crippen molar-refractivity contribution in [3.05, 3.63) is 40.4 Å². The molecule has 1 heterocycles. The second-order valence-corrected chi connectivity index (χ2v) is 7.19. The van der Waals surface area contributed by atoms with Crippen molar-refractivity contribution in [1.82, 2.24) is 0 Å². The third-order valence-electron chi connectivity index (χ3n) is 4.50. The molecule has 0 amide bonds. The first-order chi connectivity index (χ1) is 10.7. The minimum absolute atomic E-state index is 0.171. The van der Waals surface area contributed by atoms with Crippen molar-refractivity contribution >= 4 is 29.1 Å². The summed E-state index contributed by atoms with van der Waals surface area (Å²) in [5.41, 5.74) is 2.21. The van der Waals surface area contributed by atoms with Crippen molar-refractivity contribution in [3.8, 4) is 6.07 Å². The first-order valence-corrected chi connectivity index (χ1v) is 8.62. The van der Waals surface area contributed by atoms with Gasteiger partial charge in [0.05, 0.1) is 29.4 Å². The molecule has 0 bridgehead atoms. The first-order valence-electron chi connectivity index (χ1n) is 7.50. The Morgan fingerprint density at radius 2 is 1.91 bits per heavy atom. The predicted octanol–water partition coefficient (Wildman–Crippen LogP) is 3.46. The van der Waals surface area contributed by atoms with Gasteiger partial charge in [-0.05, 0) is 56.4 Å². The summed E-state index contributed by atoms with van der Waals surface area (Å²) in [6.45, 7) is 7.73. The molecule has 1 aliphatic rings. The van der Waals surface area contributed by atoms with Gasteiger partial charge in [-0.1, -0.05) is 28.1 Å². The van der Waals surface area contributed by atoms with Crippen LogP contribution >= 0.6 is 15.9 Å². The van der Waals surface area contributed by atoms with E-state index in [9.17, 15) is 5.11 Å². The van der Waals surface area contributed by atoms with Gasteiger partial charge < -0.3 is 14.4 Å². The number of aliphatic hydroxyl groups is 1. The zero-order valence-electron chi connectivity index (χ0n) is 13.9. The second-order valence-electron chi connectivity index (χ2n) is 6.62. The van der Waals surface area contributed by atoms with E-state index in [-0.39, 0.29) is 6.61 Å². The first kappa shape index (κ1) is 18.2. The molecular formula is C17H21BBrNO3. The molecular weight excluding hydrogens is 357 g/mol. The summed E-state index contributed by atoms with van der Waals surface area (Å²) in [7, 11) is -0.598. The van der Waals surface area contributed by atoms with Crippen LogP contribution < -0.4 is 0 Å². The van der Waals surface area contributed by atoms with Gasteiger partial charge in [-0.2, -0.15) is 5.26 Å². The number of rotatable bonds is 4. The van der Waals surface area contributed by atoms with E-state index >= 15 is 0 Å². The summed E-state index contributed by atoms with van der Waals surface area (Å²) in [6.07, 6.45) is 1.85. The van der Waals surface area contributed by atoms with Gasteiger partial charge in [0.15, 0.2) is 0 Å². The Labute approximate surface area is 146 Å². The van der Waals surface area contributed by atoms with E-state index in [1.54, 1.807) is 12.1 Å². The molecule has 0 aliphatic carbocycles. The summed E-state index contributed by atoms with van der Waals surface area (Å²) in [4.78, 5) is 0. The fourth-order valence-corrected chi connectivity index (χ4v) is 2.81. The van der Waals surface area contributed by atoms with Crippen LogP contribution in [0.25, 0.3) is 6.08 Å². The lowest BCUT2D eigenvalue weighted by molar-refractivity contribution is 0.00578. The van der Waals surface area contributed by atoms with E-state index in [1.165, 1.54) is 0 Å². The maximum atomic E-state index is 9.77. The Morgan fingerprint density at radius 1 is 1.30 bits per heavy atom. The molecule has 23 heavy (non-hydrogen) atoms. The van der Waals surface area contributed by atoms with Crippen LogP contribution in [0.1, 0.15) is 44.4 Å². The van der Waals surface area contributed by atoms with E-state index in [0.29, 0.717) is 16.4 Å². The molecule has 122 valence electrons. The Morgan fingerprint density at radius 3 is 2.39 bits per heavy atom. The van der Waals surface area contributed by atoms with Crippen molar-refractivity contribution in [2.75, 3.05) is 6.61 Å². The zero-order valence-corrected chi connectivity index (χ0v) is 15.5. The monoisotopic (exact) mass is 377 g/mol. The van der Waals surface area contributed by atoms with Crippen LogP contribution in [0.4, 0.5) is 0 Å². The summed E-state index contributed by atoms with van der Waals surface area (Å²) >= 11 is 3.45. The lowest BCUT2D eigenvalue weighted by Gasteiger charge is -2.32. The van der Waals surface area contributed by atoms with Gasteiger partial charge >= 0.3 is 7.12 Å². The quantitative estimate of drug-likeness (QED) is 0.644. The number of hydrogen-bond donors (Lipinski definition) is 1. The SMILES string of the molecule is CC1(C)OB(C(=Cc2cc(C#N)ccc2CBr)CO)OC1(C)C. The Hall–Kier alpha value is -1.13. The number of nitrogens with zero attached hydrogens (tertiary/aromatic N) is 1. The third-order valence-corrected chi connectivity index (χ3v) is 5.10. The minimum Gasteiger partial charge on any atom is -0.400 e. The van der Waals surface area contributed by atoms with E-state index < -0.39 is 18.3 Å². The number of benzene rings is 1. The van der Waals surface area contributed by atoms with Crippen molar-refractivity contribution in [3.63, 3.8) is 0 Å². The highest BCUT2D eigenvalue weighted by molar-refractivity contribution is 9.08. The van der Waals surface area contributed by atoms with Gasteiger partial charge in [-0.25, -0.2) is 0 Å². The molecule has 1 aliphatic heterocycles. The summed E-state index contributed by atoms with van der Waals surface area (Å²) in [5, 5.41) is 19.5. The zero-order chi connectivity index (χ0) is 17.3. The summed E-state index contributed by atoms with van der Waals surface area (Å²) in [5.74, 6) is 0. The fraction of sp³-hybridized carbons (Fsp3) is 0.471. The molecule has 0 spiro atoms. The molecule has 4 nitrogen and oxygen atoms in total. The van der Waals surface area contributed by atoms with E-state index in [4.69, 9.17) is 14.6 Å². The normalized spacial score (nSPS) is 19.7. The lowest BCUT2D eigenvalue weighted by atomic mass is 9.77. The highest BCUT2D eigenvalue weighted by Gasteiger charge is 2.52. The largest absolute Gasteiger partial charge is 0.492 e. The van der Waals surface area contributed by atoms with E-state index in [2.05, 4.69) is 22.0 Å². The van der Waals surface area contributed by atoms with Crippen LogP contribution in [-0.2, 0) is 14.6 Å². The smallest absolute Gasteiger partial charge is 0.400 e. The molecule has 1 aromatic carbocycles. The van der Waals surface area contributed by atoms with E-state index in [0.717, 1.165) is 11.1 Å². The molecule has 1 N–H and O–H groups in total. The highest BCUT2D eigenvalue weighted by Crippen LogP contribution is 2.38. The van der Waals surface area contributed by atoms with Crippen molar-refractivity contribution < 1.29 is 14.4 Å². The maximum Gasteiger partial charge on any atom is 0.492 e. The van der Waals surface area contributed by atoms with Crippen molar-refractivity contribution in [2.24, 2.45) is 0 Å². The van der Waals surface area contributed by atoms with Gasteiger partial charge in [0.2, 0.25) is 0 Å². The number of halogens is 1. The Balaban J connectivity index is 2.39. The Kier molecular flexibility index (Phi) is 5.37. The molecule has 0 unspecified atom stereocenters. The topological polar surface area (TPSA) is 62.5 Å². The van der Waals surface area contributed by atoms with E-state index in [1.807, 2.05) is 39.8 Å².